The maximum absolute atomic E-state index is 5.15. The molecule has 0 aliphatic heterocycles. The number of hydrogen-bond acceptors (Lipinski definition) is 12. The van der Waals surface area contributed by atoms with E-state index in [1.54, 1.807) is 0 Å². The van der Waals surface area contributed by atoms with Crippen molar-refractivity contribution in [3.8, 4) is 89.0 Å². The Kier molecular flexibility index (Phi) is 14.9. The van der Waals surface area contributed by atoms with E-state index in [4.69, 9.17) is 44.9 Å². The molecule has 140 heavy (non-hydrogen) atoms. The molecule has 0 spiro atoms. The van der Waals surface area contributed by atoms with Crippen LogP contribution in [0.1, 0.15) is 89.0 Å². The summed E-state index contributed by atoms with van der Waals surface area (Å²) in [6.07, 6.45) is 26.5. The summed E-state index contributed by atoms with van der Waals surface area (Å²) < 4.78 is 9.06. The quantitative estimate of drug-likeness (QED) is 0.132. The summed E-state index contributed by atoms with van der Waals surface area (Å²) >= 11 is 0. The Morgan fingerprint density at radius 2 is 0.443 bits per heavy atom. The summed E-state index contributed by atoms with van der Waals surface area (Å²) in [6, 6.07) is 101. The molecule has 16 heterocycles. The zero-order valence-corrected chi connectivity index (χ0v) is 75.1. The molecule has 0 atom stereocenters. The lowest BCUT2D eigenvalue weighted by Gasteiger charge is -2.09. The Balaban J connectivity index is 0.0000000829. The molecule has 0 amide bonds. The smallest absolute Gasteiger partial charge is 0.165 e. The molecule has 16 heteroatoms. The Morgan fingerprint density at radius 1 is 0.164 bits per heavy atom. The van der Waals surface area contributed by atoms with E-state index in [9.17, 15) is 0 Å². The second-order valence-electron chi connectivity index (χ2n) is 38.7. The van der Waals surface area contributed by atoms with Gasteiger partial charge in [-0.3, -0.25) is 57.5 Å². The van der Waals surface area contributed by atoms with E-state index in [0.717, 1.165) is 206 Å². The van der Waals surface area contributed by atoms with Crippen LogP contribution < -0.4 is 0 Å². The van der Waals surface area contributed by atoms with Gasteiger partial charge in [0.15, 0.2) is 5.65 Å². The number of fused-ring (bicyclic) bond motifs is 60. The first kappa shape index (κ1) is 75.1. The van der Waals surface area contributed by atoms with Gasteiger partial charge in [-0.2, -0.15) is 0 Å². The van der Waals surface area contributed by atoms with Gasteiger partial charge < -0.3 is 0 Å². The molecule has 8 aliphatic carbocycles. The highest BCUT2D eigenvalue weighted by atomic mass is 15.1. The molecule has 16 nitrogen and oxygen atoms in total. The van der Waals surface area contributed by atoms with Crippen LogP contribution in [-0.2, 0) is 51.4 Å². The van der Waals surface area contributed by atoms with E-state index in [0.29, 0.717) is 0 Å². The van der Waals surface area contributed by atoms with E-state index in [2.05, 4.69) is 269 Å². The van der Waals surface area contributed by atoms with Gasteiger partial charge >= 0.3 is 0 Å². The van der Waals surface area contributed by atoms with Crippen LogP contribution in [-0.4, -0.2) is 77.4 Å². The van der Waals surface area contributed by atoms with Gasteiger partial charge in [0.1, 0.15) is 33.5 Å². The number of hydrogen-bond donors (Lipinski definition) is 0. The number of aromatic nitrogens is 16. The standard InChI is InChI=1S/4C31H18N4/c1-2-6-19-17(5-1)13-24-20(19)9-10-21-23-16-28-26(15-18(23)14-25(21)24)34-31-22-7-3-11-32-29(22)30-27(35(28)31)8-4-12-33-30;1-2-6-19-17(5-1)13-24-20(19)9-10-21-23-16-28-26(15-18(23)14-25(21)24)34-31-30-22(7-3-11-33-30)29-27(35(28)31)8-4-12-32-29;1-2-5-19-17(4-1)12-24-20(19)7-8-21-23-15-29-27(14-18(23)13-25(21)24)34-31-22-9-11-32-16-26(22)30-28(35(29)31)6-3-10-33-30;1-2-5-19-17(4-1)12-24-20(19)7-8-21-23-15-29-27(14-18(23)13-25(21)24)34-31-26-16-32-11-9-22(26)30-28(35(29)31)6-3-10-33-30/h2*1-12,15-16H,13-14H2;2*1-11,14-16H,12-13H2. The van der Waals surface area contributed by atoms with Gasteiger partial charge in [0, 0.05) is 94.3 Å². The number of pyridine rings is 12. The highest BCUT2D eigenvalue weighted by molar-refractivity contribution is 6.17. The van der Waals surface area contributed by atoms with Gasteiger partial charge in [-0.1, -0.05) is 146 Å². The van der Waals surface area contributed by atoms with E-state index >= 15 is 0 Å². The van der Waals surface area contributed by atoms with Crippen LogP contribution >= 0.6 is 0 Å². The molecular formula is C124H72N16. The molecule has 0 radical (unpaired) electrons. The van der Waals surface area contributed by atoms with Crippen molar-refractivity contribution in [1.82, 2.24) is 77.4 Å². The Labute approximate surface area is 796 Å². The van der Waals surface area contributed by atoms with Crippen molar-refractivity contribution in [3.05, 3.63) is 430 Å². The van der Waals surface area contributed by atoms with E-state index in [1.807, 2.05) is 104 Å². The van der Waals surface area contributed by atoms with Crippen LogP contribution in [0.25, 0.3) is 243 Å². The second kappa shape index (κ2) is 27.7. The molecule has 648 valence electrons. The highest BCUT2D eigenvalue weighted by Gasteiger charge is 2.36. The molecule has 12 aromatic carbocycles. The van der Waals surface area contributed by atoms with E-state index in [1.165, 1.54) is 178 Å². The topological polar surface area (TPSA) is 172 Å². The van der Waals surface area contributed by atoms with Crippen molar-refractivity contribution >= 4 is 154 Å². The van der Waals surface area contributed by atoms with Crippen LogP contribution in [0, 0.1) is 0 Å². The van der Waals surface area contributed by atoms with Crippen molar-refractivity contribution in [2.24, 2.45) is 0 Å². The molecule has 0 N–H and O–H groups in total. The molecule has 0 saturated heterocycles. The Hall–Kier alpha value is -18.3. The molecule has 0 bridgehead atoms. The lowest BCUT2D eigenvalue weighted by Crippen LogP contribution is -1.94. The number of imidazole rings is 4. The number of benzene rings is 12. The average Bonchev–Trinajstić information content (AvgIpc) is 1.55. The number of rotatable bonds is 0. The van der Waals surface area contributed by atoms with Gasteiger partial charge in [-0.25, -0.2) is 19.9 Å². The fourth-order valence-corrected chi connectivity index (χ4v) is 25.8. The molecule has 0 saturated carbocycles. The minimum Gasteiger partial charge on any atom is -0.290 e. The van der Waals surface area contributed by atoms with Crippen LogP contribution in [0.2, 0.25) is 0 Å². The third-order valence-corrected chi connectivity index (χ3v) is 31.9. The lowest BCUT2D eigenvalue weighted by molar-refractivity contribution is 1.16. The van der Waals surface area contributed by atoms with Gasteiger partial charge in [0.05, 0.1) is 82.8 Å². The molecular weight excluding hydrogens is 1710 g/mol. The van der Waals surface area contributed by atoms with Crippen molar-refractivity contribution < 1.29 is 0 Å². The SMILES string of the molecule is c1ccc2c(c1)Cc1c-2ccc2c1Cc1cc3nc4c5cccnc5c5ncccc5n4c3cc1-2.c1ccc2c(c1)Cc1c-2ccc2c1Cc1cc3nc4c5ccncc5c5ncccc5n4c3cc1-2.c1ccc2c(c1)Cc1c-2ccc2c1Cc1cc3nc4c5cnccc5c5ncccc5n4c3cc1-2.c1ccc2c(c1)Cc1c-2ccc2c1Cc1cc3nc4c5ncccc5c5ncccc5n4c3cc1-2. The fraction of sp³-hybridized carbons (Fsp3) is 0.0645. The molecule has 36 rings (SSSR count). The summed E-state index contributed by atoms with van der Waals surface area (Å²) in [7, 11) is 0. The molecule has 28 aromatic rings. The lowest BCUT2D eigenvalue weighted by atomic mass is 9.96. The Morgan fingerprint density at radius 3 is 0.843 bits per heavy atom. The average molecular weight is 1790 g/mol. The van der Waals surface area contributed by atoms with Crippen molar-refractivity contribution in [3.63, 3.8) is 0 Å². The van der Waals surface area contributed by atoms with Gasteiger partial charge in [0.2, 0.25) is 0 Å². The molecule has 0 fully saturated rings. The van der Waals surface area contributed by atoms with Gasteiger partial charge in [-0.15, -0.1) is 0 Å². The largest absolute Gasteiger partial charge is 0.290 e. The normalized spacial score (nSPS) is 13.5. The van der Waals surface area contributed by atoms with Crippen LogP contribution in [0.3, 0.4) is 0 Å². The maximum atomic E-state index is 5.15. The second-order valence-corrected chi connectivity index (χ2v) is 38.7. The third-order valence-electron chi connectivity index (χ3n) is 31.9. The van der Waals surface area contributed by atoms with Crippen molar-refractivity contribution in [2.45, 2.75) is 51.4 Å². The van der Waals surface area contributed by atoms with Gasteiger partial charge in [-0.05, 0) is 363 Å². The zero-order valence-electron chi connectivity index (χ0n) is 75.1. The van der Waals surface area contributed by atoms with Crippen LogP contribution in [0.15, 0.2) is 341 Å². The maximum Gasteiger partial charge on any atom is 0.165 e. The summed E-state index contributed by atoms with van der Waals surface area (Å²) in [5, 5.41) is 6.32. The zero-order chi connectivity index (χ0) is 90.7. The number of nitrogens with zero attached hydrogens (tertiary/aromatic N) is 16. The molecule has 0 unspecified atom stereocenters. The fourth-order valence-electron chi connectivity index (χ4n) is 25.8. The molecule has 16 aromatic heterocycles. The highest BCUT2D eigenvalue weighted by Crippen LogP contribution is 2.55. The van der Waals surface area contributed by atoms with E-state index in [-0.39, 0.29) is 0 Å². The van der Waals surface area contributed by atoms with Gasteiger partial charge in [0.25, 0.3) is 0 Å². The summed E-state index contributed by atoms with van der Waals surface area (Å²) in [6.45, 7) is 0. The predicted molar refractivity (Wildman–Crippen MR) is 559 cm³/mol. The van der Waals surface area contributed by atoms with Crippen molar-refractivity contribution in [1.29, 1.82) is 0 Å². The van der Waals surface area contributed by atoms with E-state index < -0.39 is 0 Å². The third kappa shape index (κ3) is 10.3. The van der Waals surface area contributed by atoms with Crippen molar-refractivity contribution in [2.75, 3.05) is 0 Å². The minimum atomic E-state index is 0.893. The minimum absolute atomic E-state index is 0.893. The monoisotopic (exact) mass is 1780 g/mol. The predicted octanol–water partition coefficient (Wildman–Crippen LogP) is 26.9. The molecule has 8 aliphatic rings. The summed E-state index contributed by atoms with van der Waals surface area (Å²) in [5.74, 6) is 0. The first-order valence-electron chi connectivity index (χ1n) is 48.2. The Bertz CT molecular complexity index is 9460. The van der Waals surface area contributed by atoms with Crippen LogP contribution in [0.5, 0.6) is 0 Å². The first-order valence-corrected chi connectivity index (χ1v) is 48.2. The first-order chi connectivity index (χ1) is 69.4. The summed E-state index contributed by atoms with van der Waals surface area (Å²) in [5.41, 5.74) is 67.3. The summed E-state index contributed by atoms with van der Waals surface area (Å²) in [4.78, 5) is 57.5. The van der Waals surface area contributed by atoms with Crippen LogP contribution in [0.4, 0.5) is 0 Å².